The molecule has 3 atom stereocenters. The number of hydrogen-bond acceptors (Lipinski definition) is 5. The van der Waals surface area contributed by atoms with Crippen LogP contribution in [-0.4, -0.2) is 35.6 Å². The van der Waals surface area contributed by atoms with Crippen LogP contribution in [0.5, 0.6) is 0 Å². The molecule has 0 fully saturated rings. The van der Waals surface area contributed by atoms with Crippen LogP contribution in [0.3, 0.4) is 0 Å². The first kappa shape index (κ1) is 22.7. The van der Waals surface area contributed by atoms with E-state index >= 15 is 0 Å². The molecule has 0 aliphatic heterocycles. The first-order chi connectivity index (χ1) is 11.1. The van der Waals surface area contributed by atoms with Crippen LogP contribution in [0.25, 0.3) is 0 Å². The normalized spacial score (nSPS) is 15.2. The smallest absolute Gasteiger partial charge is 0.237 e. The maximum atomic E-state index is 12.5. The number of carbonyl (C=O) groups is 3. The predicted molar refractivity (Wildman–Crippen MR) is 96.3 cm³/mol. The molecule has 24 heavy (non-hydrogen) atoms. The number of nitrogens with one attached hydrogen (secondary N) is 1. The van der Waals surface area contributed by atoms with E-state index in [9.17, 15) is 14.4 Å². The van der Waals surface area contributed by atoms with E-state index in [0.29, 0.717) is 19.3 Å². The third-order valence-corrected chi connectivity index (χ3v) is 3.85. The number of hydrogen-bond donors (Lipinski definition) is 3. The van der Waals surface area contributed by atoms with Crippen molar-refractivity contribution in [3.63, 3.8) is 0 Å². The van der Waals surface area contributed by atoms with Gasteiger partial charge in [0.25, 0.3) is 0 Å². The van der Waals surface area contributed by atoms with Crippen LogP contribution in [0.2, 0.25) is 0 Å². The van der Waals surface area contributed by atoms with Crippen LogP contribution in [0.15, 0.2) is 0 Å². The molecule has 0 aromatic heterocycles. The van der Waals surface area contributed by atoms with Crippen molar-refractivity contribution in [1.82, 2.24) is 5.32 Å². The van der Waals surface area contributed by atoms with Gasteiger partial charge in [-0.1, -0.05) is 47.5 Å². The lowest BCUT2D eigenvalue weighted by Gasteiger charge is -2.22. The van der Waals surface area contributed by atoms with Crippen LogP contribution >= 0.6 is 0 Å². The maximum absolute atomic E-state index is 12.5. The third kappa shape index (κ3) is 8.55. The maximum Gasteiger partial charge on any atom is 0.237 e. The molecule has 0 radical (unpaired) electrons. The van der Waals surface area contributed by atoms with Crippen LogP contribution in [-0.2, 0) is 14.4 Å². The Morgan fingerprint density at radius 3 is 1.83 bits per heavy atom. The number of carbonyl (C=O) groups excluding carboxylic acids is 3. The molecule has 0 aromatic rings. The highest BCUT2D eigenvalue weighted by molar-refractivity contribution is 6.41. The third-order valence-electron chi connectivity index (χ3n) is 3.85. The van der Waals surface area contributed by atoms with Crippen molar-refractivity contribution in [1.29, 1.82) is 0 Å². The molecule has 140 valence electrons. The molecule has 0 bridgehead atoms. The minimum absolute atomic E-state index is 0.222. The Labute approximate surface area is 146 Å². The van der Waals surface area contributed by atoms with Gasteiger partial charge in [0.15, 0.2) is 0 Å². The zero-order valence-electron chi connectivity index (χ0n) is 15.8. The molecule has 0 saturated carbocycles. The average Bonchev–Trinajstić information content (AvgIpc) is 2.48. The fourth-order valence-corrected chi connectivity index (χ4v) is 2.54. The SMILES string of the molecule is CCCC[C@H](NC(=O)[C@@H](N)CC(C)C)C(=O)C(=O)[C@@H](N)CC(C)C. The van der Waals surface area contributed by atoms with Crippen LogP contribution < -0.4 is 16.8 Å². The first-order valence-electron chi connectivity index (χ1n) is 8.99. The zero-order chi connectivity index (χ0) is 18.9. The summed E-state index contributed by atoms with van der Waals surface area (Å²) in [5, 5.41) is 2.66. The van der Waals surface area contributed by atoms with Crippen LogP contribution in [0.1, 0.15) is 66.7 Å². The summed E-state index contributed by atoms with van der Waals surface area (Å²) in [5.41, 5.74) is 11.7. The Morgan fingerprint density at radius 1 is 0.875 bits per heavy atom. The minimum Gasteiger partial charge on any atom is -0.344 e. The van der Waals surface area contributed by atoms with E-state index in [4.69, 9.17) is 11.5 Å². The van der Waals surface area contributed by atoms with Gasteiger partial charge in [0.1, 0.15) is 0 Å². The second-order valence-corrected chi connectivity index (χ2v) is 7.40. The number of ketones is 2. The summed E-state index contributed by atoms with van der Waals surface area (Å²) in [7, 11) is 0. The van der Waals surface area contributed by atoms with E-state index < -0.39 is 29.7 Å². The zero-order valence-corrected chi connectivity index (χ0v) is 15.8. The lowest BCUT2D eigenvalue weighted by atomic mass is 9.94. The number of rotatable bonds is 12. The molecule has 0 spiro atoms. The molecule has 0 aliphatic carbocycles. The second kappa shape index (κ2) is 11.3. The van der Waals surface area contributed by atoms with E-state index in [1.165, 1.54) is 0 Å². The van der Waals surface area contributed by atoms with Gasteiger partial charge in [0.2, 0.25) is 17.5 Å². The molecule has 1 amide bonds. The number of nitrogens with two attached hydrogens (primary N) is 2. The van der Waals surface area contributed by atoms with Gasteiger partial charge >= 0.3 is 0 Å². The highest BCUT2D eigenvalue weighted by Gasteiger charge is 2.31. The van der Waals surface area contributed by atoms with Gasteiger partial charge < -0.3 is 16.8 Å². The van der Waals surface area contributed by atoms with Crippen molar-refractivity contribution in [2.75, 3.05) is 0 Å². The van der Waals surface area contributed by atoms with Crippen molar-refractivity contribution in [3.8, 4) is 0 Å². The number of Topliss-reactive ketones (excluding diaryl/α,β-unsaturated/α-hetero) is 2. The molecule has 0 aliphatic rings. The second-order valence-electron chi connectivity index (χ2n) is 7.40. The topological polar surface area (TPSA) is 115 Å². The molecular formula is C18H35N3O3. The van der Waals surface area contributed by atoms with Crippen molar-refractivity contribution < 1.29 is 14.4 Å². The van der Waals surface area contributed by atoms with Gasteiger partial charge in [-0.15, -0.1) is 0 Å². The molecule has 0 unspecified atom stereocenters. The monoisotopic (exact) mass is 341 g/mol. The molecule has 6 heteroatoms. The summed E-state index contributed by atoms with van der Waals surface area (Å²) in [6.07, 6.45) is 3.01. The molecule has 6 nitrogen and oxygen atoms in total. The standard InChI is InChI=1S/C18H35N3O3/c1-6-7-8-15(21-18(24)14(20)10-12(4)5)17(23)16(22)13(19)9-11(2)3/h11-15H,6-10,19-20H2,1-5H3,(H,21,24)/t13-,14-,15-/m0/s1. The largest absolute Gasteiger partial charge is 0.344 e. The lowest BCUT2D eigenvalue weighted by molar-refractivity contribution is -0.140. The van der Waals surface area contributed by atoms with Crippen LogP contribution in [0, 0.1) is 11.8 Å². The van der Waals surface area contributed by atoms with E-state index in [2.05, 4.69) is 5.32 Å². The van der Waals surface area contributed by atoms with Crippen molar-refractivity contribution >= 4 is 17.5 Å². The fraction of sp³-hybridized carbons (Fsp3) is 0.833. The van der Waals surface area contributed by atoms with Gasteiger partial charge in [-0.2, -0.15) is 0 Å². The highest BCUT2D eigenvalue weighted by Crippen LogP contribution is 2.09. The molecule has 0 heterocycles. The van der Waals surface area contributed by atoms with Gasteiger partial charge in [0, 0.05) is 0 Å². The van der Waals surface area contributed by atoms with Crippen molar-refractivity contribution in [3.05, 3.63) is 0 Å². The van der Waals surface area contributed by atoms with Crippen molar-refractivity contribution in [2.45, 2.75) is 84.8 Å². The summed E-state index contributed by atoms with van der Waals surface area (Å²) >= 11 is 0. The summed E-state index contributed by atoms with van der Waals surface area (Å²) in [6.45, 7) is 9.82. The fourth-order valence-electron chi connectivity index (χ4n) is 2.54. The minimum atomic E-state index is -0.832. The summed E-state index contributed by atoms with van der Waals surface area (Å²) in [6, 6.07) is -2.33. The first-order valence-corrected chi connectivity index (χ1v) is 8.99. The van der Waals surface area contributed by atoms with Gasteiger partial charge in [-0.05, 0) is 31.1 Å². The van der Waals surface area contributed by atoms with Crippen LogP contribution in [0.4, 0.5) is 0 Å². The molecule has 0 aromatic carbocycles. The summed E-state index contributed by atoms with van der Waals surface area (Å²) in [5.74, 6) is -1.11. The van der Waals surface area contributed by atoms with E-state index in [-0.39, 0.29) is 17.7 Å². The quantitative estimate of drug-likeness (QED) is 0.466. The Morgan fingerprint density at radius 2 is 1.38 bits per heavy atom. The molecule has 0 saturated heterocycles. The highest BCUT2D eigenvalue weighted by atomic mass is 16.2. The van der Waals surface area contributed by atoms with Gasteiger partial charge in [-0.25, -0.2) is 0 Å². The molecular weight excluding hydrogens is 306 g/mol. The molecule has 0 rings (SSSR count). The van der Waals surface area contributed by atoms with E-state index in [1.807, 2.05) is 34.6 Å². The average molecular weight is 341 g/mol. The van der Waals surface area contributed by atoms with Crippen molar-refractivity contribution in [2.24, 2.45) is 23.3 Å². The number of amides is 1. The Bertz CT molecular complexity index is 422. The predicted octanol–water partition coefficient (Wildman–Crippen LogP) is 1.55. The Hall–Kier alpha value is -1.27. The van der Waals surface area contributed by atoms with E-state index in [1.54, 1.807) is 0 Å². The number of unbranched alkanes of at least 4 members (excludes halogenated alkanes) is 1. The Kier molecular flexibility index (Phi) is 10.7. The van der Waals surface area contributed by atoms with Gasteiger partial charge in [0.05, 0.1) is 18.1 Å². The molecule has 5 N–H and O–H groups in total. The summed E-state index contributed by atoms with van der Waals surface area (Å²) in [4.78, 5) is 36.9. The summed E-state index contributed by atoms with van der Waals surface area (Å²) < 4.78 is 0. The van der Waals surface area contributed by atoms with Gasteiger partial charge in [-0.3, -0.25) is 14.4 Å². The van der Waals surface area contributed by atoms with E-state index in [0.717, 1.165) is 12.8 Å². The Balaban J connectivity index is 4.94. The lowest BCUT2D eigenvalue weighted by Crippen LogP contribution is -2.52.